The molecule has 3 rings (SSSR count). The molecule has 10 heteroatoms. The van der Waals surface area contributed by atoms with Crippen molar-refractivity contribution < 1.29 is 31.9 Å². The van der Waals surface area contributed by atoms with Gasteiger partial charge < -0.3 is 15.5 Å². The van der Waals surface area contributed by atoms with Gasteiger partial charge in [-0.25, -0.2) is 4.39 Å². The summed E-state index contributed by atoms with van der Waals surface area (Å²) in [5.74, 6) is -3.88. The van der Waals surface area contributed by atoms with E-state index in [1.54, 1.807) is 48.5 Å². The number of likely N-dealkylation sites (N-methyl/N-ethyl adjacent to an activating group) is 1. The Morgan fingerprint density at radius 3 is 2.19 bits per heavy atom. The van der Waals surface area contributed by atoms with Crippen LogP contribution in [0.4, 0.5) is 23.2 Å². The predicted octanol–water partition coefficient (Wildman–Crippen LogP) is 2.89. The van der Waals surface area contributed by atoms with Gasteiger partial charge in [-0.3, -0.25) is 14.4 Å². The van der Waals surface area contributed by atoms with Crippen LogP contribution in [0.25, 0.3) is 11.1 Å². The fourth-order valence-electron chi connectivity index (χ4n) is 3.29. The maximum absolute atomic E-state index is 14.9. The summed E-state index contributed by atoms with van der Waals surface area (Å²) < 4.78 is 51.8. The molecule has 2 unspecified atom stereocenters. The Balaban J connectivity index is 1.93. The summed E-state index contributed by atoms with van der Waals surface area (Å²) in [6, 6.07) is 12.3. The van der Waals surface area contributed by atoms with Crippen LogP contribution in [-0.4, -0.2) is 43.2 Å². The largest absolute Gasteiger partial charge is 0.405 e. The number of alkyl halides is 4. The number of rotatable bonds is 4. The standard InChI is InChI=1S/C21H19F4N3O3/c1-20(22,18(30)26-11-21(23,24)25)19(31)27-16-14-9-4-3-7-12(14)13-8-5-6-10-15(13)28(2)17(16)29/h3-10,16H,11H2,1-2H3,(H,26,30)(H,27,31). The Kier molecular flexibility index (Phi) is 5.75. The number of carbonyl (C=O) groups excluding carboxylic acids is 3. The number of nitrogens with zero attached hydrogens (tertiary/aromatic N) is 1. The number of para-hydroxylation sites is 1. The van der Waals surface area contributed by atoms with E-state index in [1.807, 2.05) is 0 Å². The van der Waals surface area contributed by atoms with Crippen LogP contribution in [0.1, 0.15) is 18.5 Å². The normalized spacial score (nSPS) is 17.7. The third kappa shape index (κ3) is 4.37. The Morgan fingerprint density at radius 1 is 0.968 bits per heavy atom. The van der Waals surface area contributed by atoms with Crippen molar-refractivity contribution in [3.63, 3.8) is 0 Å². The Morgan fingerprint density at radius 2 is 1.55 bits per heavy atom. The second kappa shape index (κ2) is 8.01. The molecule has 1 aliphatic rings. The molecule has 6 nitrogen and oxygen atoms in total. The Bertz CT molecular complexity index is 1040. The summed E-state index contributed by atoms with van der Waals surface area (Å²) in [6.07, 6.45) is -4.77. The van der Waals surface area contributed by atoms with Gasteiger partial charge in [0.1, 0.15) is 12.6 Å². The molecular weight excluding hydrogens is 418 g/mol. The van der Waals surface area contributed by atoms with Crippen molar-refractivity contribution in [1.82, 2.24) is 10.6 Å². The third-order valence-electron chi connectivity index (χ3n) is 4.98. The highest BCUT2D eigenvalue weighted by Crippen LogP contribution is 2.39. The number of amides is 3. The number of carbonyl (C=O) groups is 3. The molecule has 31 heavy (non-hydrogen) atoms. The van der Waals surface area contributed by atoms with Gasteiger partial charge in [0.05, 0.1) is 5.69 Å². The first-order chi connectivity index (χ1) is 14.4. The van der Waals surface area contributed by atoms with Gasteiger partial charge in [0.15, 0.2) is 0 Å². The molecule has 2 atom stereocenters. The first-order valence-corrected chi connectivity index (χ1v) is 9.24. The van der Waals surface area contributed by atoms with Crippen LogP contribution in [0.5, 0.6) is 0 Å². The van der Waals surface area contributed by atoms with Gasteiger partial charge in [-0.05, 0) is 24.1 Å². The number of nitrogens with one attached hydrogen (secondary N) is 2. The van der Waals surface area contributed by atoms with Gasteiger partial charge in [0.25, 0.3) is 23.4 Å². The summed E-state index contributed by atoms with van der Waals surface area (Å²) in [4.78, 5) is 38.8. The molecule has 0 fully saturated rings. The van der Waals surface area contributed by atoms with Crippen LogP contribution in [-0.2, 0) is 14.4 Å². The lowest BCUT2D eigenvalue weighted by Crippen LogP contribution is -2.55. The molecular formula is C21H19F4N3O3. The lowest BCUT2D eigenvalue weighted by atomic mass is 9.95. The molecule has 2 aromatic carbocycles. The second-order valence-electron chi connectivity index (χ2n) is 7.21. The molecule has 164 valence electrons. The fourth-order valence-corrected chi connectivity index (χ4v) is 3.29. The molecule has 0 bridgehead atoms. The molecule has 0 radical (unpaired) electrons. The number of halogens is 4. The van der Waals surface area contributed by atoms with E-state index in [9.17, 15) is 31.9 Å². The average molecular weight is 437 g/mol. The van der Waals surface area contributed by atoms with E-state index in [0.717, 1.165) is 0 Å². The van der Waals surface area contributed by atoms with Gasteiger partial charge in [-0.15, -0.1) is 0 Å². The molecule has 0 spiro atoms. The first-order valence-electron chi connectivity index (χ1n) is 9.24. The number of hydrogen-bond donors (Lipinski definition) is 2. The predicted molar refractivity (Wildman–Crippen MR) is 105 cm³/mol. The number of anilines is 1. The van der Waals surface area contributed by atoms with Gasteiger partial charge in [-0.1, -0.05) is 42.5 Å². The van der Waals surface area contributed by atoms with E-state index in [-0.39, 0.29) is 0 Å². The summed E-state index contributed by atoms with van der Waals surface area (Å²) in [5, 5.41) is 3.55. The van der Waals surface area contributed by atoms with Crippen molar-refractivity contribution in [1.29, 1.82) is 0 Å². The maximum Gasteiger partial charge on any atom is 0.405 e. The van der Waals surface area contributed by atoms with Crippen molar-refractivity contribution in [2.75, 3.05) is 18.5 Å². The van der Waals surface area contributed by atoms with Crippen molar-refractivity contribution in [2.24, 2.45) is 0 Å². The summed E-state index contributed by atoms with van der Waals surface area (Å²) in [5.41, 5.74) is -1.09. The second-order valence-corrected chi connectivity index (χ2v) is 7.21. The van der Waals surface area contributed by atoms with Crippen LogP contribution in [0.3, 0.4) is 0 Å². The Labute approximate surface area is 175 Å². The molecule has 0 aliphatic carbocycles. The highest BCUT2D eigenvalue weighted by molar-refractivity contribution is 6.11. The highest BCUT2D eigenvalue weighted by Gasteiger charge is 2.45. The van der Waals surface area contributed by atoms with Gasteiger partial charge in [0.2, 0.25) is 0 Å². The zero-order valence-corrected chi connectivity index (χ0v) is 16.6. The molecule has 3 amide bonds. The number of benzene rings is 2. The molecule has 1 aliphatic heterocycles. The van der Waals surface area contributed by atoms with Crippen molar-refractivity contribution in [2.45, 2.75) is 24.8 Å². The average Bonchev–Trinajstić information content (AvgIpc) is 2.81. The van der Waals surface area contributed by atoms with E-state index in [4.69, 9.17) is 0 Å². The number of hydrogen-bond acceptors (Lipinski definition) is 3. The minimum atomic E-state index is -4.77. The van der Waals surface area contributed by atoms with Crippen molar-refractivity contribution >= 4 is 23.4 Å². The van der Waals surface area contributed by atoms with Crippen molar-refractivity contribution in [3.05, 3.63) is 54.1 Å². The van der Waals surface area contributed by atoms with Crippen LogP contribution in [0.15, 0.2) is 48.5 Å². The maximum atomic E-state index is 14.9. The quantitative estimate of drug-likeness (QED) is 0.571. The lowest BCUT2D eigenvalue weighted by Gasteiger charge is -2.26. The third-order valence-corrected chi connectivity index (χ3v) is 4.98. The van der Waals surface area contributed by atoms with Crippen LogP contribution >= 0.6 is 0 Å². The number of fused-ring (bicyclic) bond motifs is 3. The van der Waals surface area contributed by atoms with Gasteiger partial charge >= 0.3 is 6.18 Å². The van der Waals surface area contributed by atoms with Crippen LogP contribution < -0.4 is 15.5 Å². The zero-order chi connectivity index (χ0) is 23.0. The monoisotopic (exact) mass is 437 g/mol. The highest BCUT2D eigenvalue weighted by atomic mass is 19.4. The minimum absolute atomic E-state index is 0.365. The van der Waals surface area contributed by atoms with Crippen LogP contribution in [0.2, 0.25) is 0 Å². The molecule has 0 saturated carbocycles. The van der Waals surface area contributed by atoms with Crippen LogP contribution in [0, 0.1) is 0 Å². The lowest BCUT2D eigenvalue weighted by molar-refractivity contribution is -0.152. The van der Waals surface area contributed by atoms with Gasteiger partial charge in [0, 0.05) is 12.6 Å². The molecule has 0 aromatic heterocycles. The van der Waals surface area contributed by atoms with E-state index in [0.29, 0.717) is 29.3 Å². The molecule has 2 N–H and O–H groups in total. The molecule has 2 aromatic rings. The zero-order valence-electron chi connectivity index (χ0n) is 16.6. The Hall–Kier alpha value is -3.43. The summed E-state index contributed by atoms with van der Waals surface area (Å²) in [7, 11) is 1.48. The summed E-state index contributed by atoms with van der Waals surface area (Å²) >= 11 is 0. The van der Waals surface area contributed by atoms with E-state index in [1.165, 1.54) is 17.3 Å². The summed E-state index contributed by atoms with van der Waals surface area (Å²) in [6.45, 7) is -1.25. The SMILES string of the molecule is CN1C(=O)C(NC(=O)C(C)(F)C(=O)NCC(F)(F)F)c2ccccc2-c2ccccc21. The molecule has 0 saturated heterocycles. The van der Waals surface area contributed by atoms with Gasteiger partial charge in [-0.2, -0.15) is 13.2 Å². The topological polar surface area (TPSA) is 78.5 Å². The van der Waals surface area contributed by atoms with E-state index < -0.39 is 42.2 Å². The van der Waals surface area contributed by atoms with Crippen molar-refractivity contribution in [3.8, 4) is 11.1 Å². The molecule has 1 heterocycles. The fraction of sp³-hybridized carbons (Fsp3) is 0.286. The van der Waals surface area contributed by atoms with E-state index >= 15 is 0 Å². The van der Waals surface area contributed by atoms with E-state index in [2.05, 4.69) is 5.32 Å². The first kappa shape index (κ1) is 22.3. The minimum Gasteiger partial charge on any atom is -0.344 e. The smallest absolute Gasteiger partial charge is 0.344 e.